The first-order valence-corrected chi connectivity index (χ1v) is 5.96. The van der Waals surface area contributed by atoms with Crippen LogP contribution in [0.15, 0.2) is 42.6 Å². The van der Waals surface area contributed by atoms with Crippen molar-refractivity contribution < 1.29 is 9.13 Å². The highest BCUT2D eigenvalue weighted by Gasteiger charge is 2.04. The molecule has 0 aliphatic rings. The van der Waals surface area contributed by atoms with Gasteiger partial charge in [0.05, 0.1) is 24.8 Å². The highest BCUT2D eigenvalue weighted by molar-refractivity contribution is 5.37. The zero-order valence-corrected chi connectivity index (χ0v) is 10.3. The van der Waals surface area contributed by atoms with Crippen molar-refractivity contribution in [3.8, 4) is 6.07 Å². The van der Waals surface area contributed by atoms with Crippen molar-refractivity contribution in [3.05, 3.63) is 65.2 Å². The summed E-state index contributed by atoms with van der Waals surface area (Å²) >= 11 is 0. The molecule has 0 atom stereocenters. The van der Waals surface area contributed by atoms with Gasteiger partial charge in [-0.1, -0.05) is 6.07 Å². The molecule has 0 N–H and O–H groups in total. The van der Waals surface area contributed by atoms with E-state index in [-0.39, 0.29) is 12.4 Å². The lowest BCUT2D eigenvalue weighted by molar-refractivity contribution is 0.123. The van der Waals surface area contributed by atoms with Gasteiger partial charge in [-0.05, 0) is 35.9 Å². The summed E-state index contributed by atoms with van der Waals surface area (Å²) in [7, 11) is 0. The van der Waals surface area contributed by atoms with Crippen LogP contribution < -0.4 is 0 Å². The molecule has 1 heterocycles. The first kappa shape index (κ1) is 13.2. The molecule has 1 aromatic heterocycles. The third-order valence-corrected chi connectivity index (χ3v) is 2.67. The fraction of sp³-hybridized carbons (Fsp3) is 0.200. The number of pyridine rings is 1. The van der Waals surface area contributed by atoms with Crippen molar-refractivity contribution in [1.29, 1.82) is 5.26 Å². The van der Waals surface area contributed by atoms with Gasteiger partial charge in [-0.3, -0.25) is 4.98 Å². The standard InChI is InChI=1S/C15H13FN2O/c16-14-5-4-12(10-17)13(9-14)11-19-8-6-15-3-1-2-7-18-15/h1-5,7,9H,6,8,11H2. The predicted octanol–water partition coefficient (Wildman–Crippen LogP) is 2.85. The molecule has 2 rings (SSSR count). The van der Waals surface area contributed by atoms with Gasteiger partial charge >= 0.3 is 0 Å². The van der Waals surface area contributed by atoms with Gasteiger partial charge < -0.3 is 4.74 Å². The van der Waals surface area contributed by atoms with E-state index in [1.165, 1.54) is 18.2 Å². The molecule has 0 saturated carbocycles. The highest BCUT2D eigenvalue weighted by atomic mass is 19.1. The Hall–Kier alpha value is -2.25. The maximum atomic E-state index is 13.1. The van der Waals surface area contributed by atoms with E-state index in [2.05, 4.69) is 4.98 Å². The Kier molecular flexibility index (Phi) is 4.60. The molecule has 96 valence electrons. The summed E-state index contributed by atoms with van der Waals surface area (Å²) in [4.78, 5) is 4.18. The van der Waals surface area contributed by atoms with E-state index in [0.29, 0.717) is 24.2 Å². The van der Waals surface area contributed by atoms with Crippen LogP contribution in [0.1, 0.15) is 16.8 Å². The molecule has 1 aromatic carbocycles. The topological polar surface area (TPSA) is 45.9 Å². The summed E-state index contributed by atoms with van der Waals surface area (Å²) in [6, 6.07) is 11.8. The number of hydrogen-bond donors (Lipinski definition) is 0. The second-order valence-corrected chi connectivity index (χ2v) is 4.04. The third-order valence-electron chi connectivity index (χ3n) is 2.67. The van der Waals surface area contributed by atoms with Crippen molar-refractivity contribution in [1.82, 2.24) is 4.98 Å². The van der Waals surface area contributed by atoms with E-state index in [4.69, 9.17) is 10.00 Å². The minimum Gasteiger partial charge on any atom is -0.376 e. The second-order valence-electron chi connectivity index (χ2n) is 4.04. The molecular weight excluding hydrogens is 243 g/mol. The van der Waals surface area contributed by atoms with Crippen molar-refractivity contribution in [3.63, 3.8) is 0 Å². The van der Waals surface area contributed by atoms with Crippen LogP contribution >= 0.6 is 0 Å². The van der Waals surface area contributed by atoms with Gasteiger partial charge in [0.2, 0.25) is 0 Å². The fourth-order valence-electron chi connectivity index (χ4n) is 1.70. The molecule has 0 bridgehead atoms. The number of ether oxygens (including phenoxy) is 1. The van der Waals surface area contributed by atoms with Crippen molar-refractivity contribution in [2.75, 3.05) is 6.61 Å². The van der Waals surface area contributed by atoms with E-state index in [1.807, 2.05) is 24.3 Å². The molecular formula is C15H13FN2O. The second kappa shape index (κ2) is 6.62. The van der Waals surface area contributed by atoms with E-state index in [0.717, 1.165) is 5.69 Å². The van der Waals surface area contributed by atoms with Crippen LogP contribution in [-0.4, -0.2) is 11.6 Å². The molecule has 2 aromatic rings. The van der Waals surface area contributed by atoms with Crippen molar-refractivity contribution in [2.24, 2.45) is 0 Å². The lowest BCUT2D eigenvalue weighted by Gasteiger charge is -2.06. The molecule has 0 fully saturated rings. The predicted molar refractivity (Wildman–Crippen MR) is 68.7 cm³/mol. The van der Waals surface area contributed by atoms with Gasteiger partial charge in [0.15, 0.2) is 0 Å². The van der Waals surface area contributed by atoms with Crippen LogP contribution in [0, 0.1) is 17.1 Å². The number of nitrogens with zero attached hydrogens (tertiary/aromatic N) is 2. The third kappa shape index (κ3) is 3.87. The summed E-state index contributed by atoms with van der Waals surface area (Å²) in [5.41, 5.74) is 1.96. The average Bonchev–Trinajstić information content (AvgIpc) is 2.45. The zero-order valence-electron chi connectivity index (χ0n) is 10.3. The number of benzene rings is 1. The molecule has 0 aliphatic carbocycles. The lowest BCUT2D eigenvalue weighted by atomic mass is 10.1. The van der Waals surface area contributed by atoms with Crippen LogP contribution in [0.3, 0.4) is 0 Å². The van der Waals surface area contributed by atoms with E-state index < -0.39 is 0 Å². The monoisotopic (exact) mass is 256 g/mol. The summed E-state index contributed by atoms with van der Waals surface area (Å²) in [5.74, 6) is -0.359. The van der Waals surface area contributed by atoms with Crippen molar-refractivity contribution in [2.45, 2.75) is 13.0 Å². The maximum absolute atomic E-state index is 13.1. The largest absolute Gasteiger partial charge is 0.376 e. The quantitative estimate of drug-likeness (QED) is 0.773. The molecule has 0 amide bonds. The van der Waals surface area contributed by atoms with Gasteiger partial charge in [0.25, 0.3) is 0 Å². The first-order chi connectivity index (χ1) is 9.29. The molecule has 0 unspecified atom stereocenters. The molecule has 4 heteroatoms. The molecule has 19 heavy (non-hydrogen) atoms. The summed E-state index contributed by atoms with van der Waals surface area (Å²) in [6.07, 6.45) is 2.42. The van der Waals surface area contributed by atoms with Gasteiger partial charge in [-0.25, -0.2) is 4.39 Å². The van der Waals surface area contributed by atoms with Crippen LogP contribution in [0.5, 0.6) is 0 Å². The maximum Gasteiger partial charge on any atom is 0.123 e. The van der Waals surface area contributed by atoms with Crippen LogP contribution in [0.4, 0.5) is 4.39 Å². The minimum absolute atomic E-state index is 0.230. The lowest BCUT2D eigenvalue weighted by Crippen LogP contribution is -2.02. The minimum atomic E-state index is -0.359. The molecule has 3 nitrogen and oxygen atoms in total. The number of hydrogen-bond acceptors (Lipinski definition) is 3. The van der Waals surface area contributed by atoms with E-state index >= 15 is 0 Å². The number of nitriles is 1. The van der Waals surface area contributed by atoms with Crippen LogP contribution in [0.25, 0.3) is 0 Å². The summed E-state index contributed by atoms with van der Waals surface area (Å²) in [6.45, 7) is 0.714. The van der Waals surface area contributed by atoms with Crippen LogP contribution in [-0.2, 0) is 17.8 Å². The number of rotatable bonds is 5. The zero-order chi connectivity index (χ0) is 13.5. The SMILES string of the molecule is N#Cc1ccc(F)cc1COCCc1ccccn1. The van der Waals surface area contributed by atoms with Gasteiger partial charge in [0, 0.05) is 18.3 Å². The van der Waals surface area contributed by atoms with Gasteiger partial charge in [-0.2, -0.15) is 5.26 Å². The fourth-order valence-corrected chi connectivity index (χ4v) is 1.70. The van der Waals surface area contributed by atoms with E-state index in [1.54, 1.807) is 6.20 Å². The van der Waals surface area contributed by atoms with Gasteiger partial charge in [-0.15, -0.1) is 0 Å². The Morgan fingerprint density at radius 1 is 1.26 bits per heavy atom. The number of halogens is 1. The highest BCUT2D eigenvalue weighted by Crippen LogP contribution is 2.11. The summed E-state index contributed by atoms with van der Waals surface area (Å²) in [5, 5.41) is 8.91. The Balaban J connectivity index is 1.86. The normalized spacial score (nSPS) is 10.1. The van der Waals surface area contributed by atoms with E-state index in [9.17, 15) is 4.39 Å². The molecule has 0 spiro atoms. The van der Waals surface area contributed by atoms with Gasteiger partial charge in [0.1, 0.15) is 5.82 Å². The molecule has 0 saturated heterocycles. The van der Waals surface area contributed by atoms with Crippen molar-refractivity contribution >= 4 is 0 Å². The Morgan fingerprint density at radius 2 is 2.16 bits per heavy atom. The number of aromatic nitrogens is 1. The van der Waals surface area contributed by atoms with Crippen LogP contribution in [0.2, 0.25) is 0 Å². The molecule has 0 radical (unpaired) electrons. The average molecular weight is 256 g/mol. The Labute approximate surface area is 111 Å². The Bertz CT molecular complexity index is 578. The molecule has 0 aliphatic heterocycles. The smallest absolute Gasteiger partial charge is 0.123 e. The summed E-state index contributed by atoms with van der Waals surface area (Å²) < 4.78 is 18.5. The Morgan fingerprint density at radius 3 is 2.89 bits per heavy atom. The first-order valence-electron chi connectivity index (χ1n) is 5.96.